The van der Waals surface area contributed by atoms with Crippen molar-refractivity contribution in [2.45, 2.75) is 13.8 Å². The van der Waals surface area contributed by atoms with Gasteiger partial charge < -0.3 is 4.90 Å². The largest absolute Gasteiger partial charge is 0.366 e. The minimum Gasteiger partial charge on any atom is -0.366 e. The molecule has 0 N–H and O–H groups in total. The Morgan fingerprint density at radius 1 is 1.20 bits per heavy atom. The van der Waals surface area contributed by atoms with E-state index in [1.165, 1.54) is 0 Å². The normalized spacial score (nSPS) is 13.7. The van der Waals surface area contributed by atoms with Gasteiger partial charge in [-0.05, 0) is 13.8 Å². The number of amidine groups is 2. The van der Waals surface area contributed by atoms with E-state index < -0.39 is 0 Å². The van der Waals surface area contributed by atoms with Gasteiger partial charge in [0, 0.05) is 21.1 Å². The Bertz CT molecular complexity index is 156. The quantitative estimate of drug-likeness (QED) is 0.365. The minimum absolute atomic E-state index is 0.811. The molecule has 0 rings (SSSR count). The van der Waals surface area contributed by atoms with Crippen LogP contribution in [0.1, 0.15) is 13.8 Å². The molecule has 0 fully saturated rings. The zero-order valence-corrected chi connectivity index (χ0v) is 7.34. The molecule has 0 aromatic heterocycles. The van der Waals surface area contributed by atoms with Gasteiger partial charge in [-0.25, -0.2) is 4.99 Å². The Hall–Kier alpha value is -0.860. The Balaban J connectivity index is 4.17. The molecular formula is C7H15N3. The molecule has 0 bridgehead atoms. The molecule has 0 atom stereocenters. The summed E-state index contributed by atoms with van der Waals surface area (Å²) in [5.41, 5.74) is 0. The summed E-state index contributed by atoms with van der Waals surface area (Å²) in [6.07, 6.45) is 0. The van der Waals surface area contributed by atoms with Crippen LogP contribution in [0, 0.1) is 0 Å². The van der Waals surface area contributed by atoms with Crippen LogP contribution < -0.4 is 0 Å². The Morgan fingerprint density at radius 3 is 2.00 bits per heavy atom. The number of rotatable bonds is 0. The number of aliphatic imine (C=N–C) groups is 2. The lowest BCUT2D eigenvalue weighted by Crippen LogP contribution is -2.19. The maximum atomic E-state index is 4.19. The highest BCUT2D eigenvalue weighted by atomic mass is 15.1. The van der Waals surface area contributed by atoms with Crippen LogP contribution in [0.2, 0.25) is 0 Å². The van der Waals surface area contributed by atoms with E-state index in [4.69, 9.17) is 0 Å². The Morgan fingerprint density at radius 2 is 1.70 bits per heavy atom. The van der Waals surface area contributed by atoms with E-state index in [1.54, 1.807) is 7.05 Å². The van der Waals surface area contributed by atoms with Gasteiger partial charge in [-0.2, -0.15) is 0 Å². The SMILES string of the molecule is C/N=C(C)/N=C(\C)N(C)C. The predicted octanol–water partition coefficient (Wildman–Crippen LogP) is 1.01. The Kier molecular flexibility index (Phi) is 3.69. The fraction of sp³-hybridized carbons (Fsp3) is 0.714. The molecule has 0 aromatic rings. The summed E-state index contributed by atoms with van der Waals surface area (Å²) >= 11 is 0. The van der Waals surface area contributed by atoms with Crippen LogP contribution in [-0.4, -0.2) is 37.7 Å². The first kappa shape index (κ1) is 9.14. The van der Waals surface area contributed by atoms with Crippen molar-refractivity contribution >= 4 is 11.7 Å². The van der Waals surface area contributed by atoms with Crippen molar-refractivity contribution in [2.75, 3.05) is 21.1 Å². The molecule has 3 heteroatoms. The molecule has 0 aliphatic heterocycles. The van der Waals surface area contributed by atoms with Crippen molar-refractivity contribution in [1.82, 2.24) is 4.90 Å². The highest BCUT2D eigenvalue weighted by Gasteiger charge is 1.91. The second kappa shape index (κ2) is 4.04. The molecule has 0 amide bonds. The Labute approximate surface area is 62.5 Å². The van der Waals surface area contributed by atoms with Gasteiger partial charge >= 0.3 is 0 Å². The maximum Gasteiger partial charge on any atom is 0.121 e. The molecule has 3 nitrogen and oxygen atoms in total. The smallest absolute Gasteiger partial charge is 0.121 e. The third-order valence-electron chi connectivity index (χ3n) is 1.29. The molecule has 0 spiro atoms. The summed E-state index contributed by atoms with van der Waals surface area (Å²) in [6, 6.07) is 0. The van der Waals surface area contributed by atoms with E-state index in [-0.39, 0.29) is 0 Å². The van der Waals surface area contributed by atoms with Crippen LogP contribution in [0.5, 0.6) is 0 Å². The molecule has 0 radical (unpaired) electrons. The van der Waals surface area contributed by atoms with Gasteiger partial charge in [-0.15, -0.1) is 0 Å². The fourth-order valence-corrected chi connectivity index (χ4v) is 0.384. The van der Waals surface area contributed by atoms with Crippen LogP contribution >= 0.6 is 0 Å². The molecule has 0 aromatic carbocycles. The molecule has 0 saturated carbocycles. The van der Waals surface area contributed by atoms with Gasteiger partial charge in [0.25, 0.3) is 0 Å². The molecular weight excluding hydrogens is 126 g/mol. The van der Waals surface area contributed by atoms with Crippen molar-refractivity contribution < 1.29 is 0 Å². The monoisotopic (exact) mass is 141 g/mol. The standard InChI is InChI=1S/C7H15N3/c1-6(8-3)9-7(2)10(4)5/h1-5H3/b8-6+,9-7+. The van der Waals surface area contributed by atoms with E-state index in [2.05, 4.69) is 9.98 Å². The van der Waals surface area contributed by atoms with Gasteiger partial charge in [0.1, 0.15) is 11.7 Å². The van der Waals surface area contributed by atoms with Crippen molar-refractivity contribution in [3.8, 4) is 0 Å². The zero-order valence-electron chi connectivity index (χ0n) is 7.34. The second-order valence-corrected chi connectivity index (χ2v) is 2.32. The summed E-state index contributed by atoms with van der Waals surface area (Å²) in [5, 5.41) is 0. The zero-order chi connectivity index (χ0) is 8.15. The summed E-state index contributed by atoms with van der Waals surface area (Å²) in [4.78, 5) is 10.1. The van der Waals surface area contributed by atoms with E-state index in [9.17, 15) is 0 Å². The lowest BCUT2D eigenvalue weighted by molar-refractivity contribution is 0.619. The summed E-state index contributed by atoms with van der Waals surface area (Å²) < 4.78 is 0. The summed E-state index contributed by atoms with van der Waals surface area (Å²) in [7, 11) is 5.66. The third-order valence-corrected chi connectivity index (χ3v) is 1.29. The molecule has 0 aliphatic rings. The second-order valence-electron chi connectivity index (χ2n) is 2.32. The average Bonchev–Trinajstić information content (AvgIpc) is 1.87. The van der Waals surface area contributed by atoms with Crippen molar-refractivity contribution in [3.05, 3.63) is 0 Å². The highest BCUT2D eigenvalue weighted by Crippen LogP contribution is 1.84. The van der Waals surface area contributed by atoms with Gasteiger partial charge in [-0.1, -0.05) is 0 Å². The van der Waals surface area contributed by atoms with Crippen LogP contribution in [0.3, 0.4) is 0 Å². The van der Waals surface area contributed by atoms with Gasteiger partial charge in [0.15, 0.2) is 0 Å². The summed E-state index contributed by atoms with van der Waals surface area (Å²) in [5.74, 6) is 1.79. The molecule has 0 heterocycles. The van der Waals surface area contributed by atoms with E-state index in [0.717, 1.165) is 11.7 Å². The van der Waals surface area contributed by atoms with Crippen LogP contribution in [0.4, 0.5) is 0 Å². The van der Waals surface area contributed by atoms with Crippen LogP contribution in [-0.2, 0) is 0 Å². The predicted molar refractivity (Wildman–Crippen MR) is 45.8 cm³/mol. The number of hydrogen-bond acceptors (Lipinski definition) is 1. The van der Waals surface area contributed by atoms with Crippen LogP contribution in [0.25, 0.3) is 0 Å². The lowest BCUT2D eigenvalue weighted by Gasteiger charge is -2.10. The maximum absolute atomic E-state index is 4.19. The fourth-order valence-electron chi connectivity index (χ4n) is 0.384. The minimum atomic E-state index is 0.811. The molecule has 0 aliphatic carbocycles. The highest BCUT2D eigenvalue weighted by molar-refractivity contribution is 5.94. The first-order chi connectivity index (χ1) is 4.57. The average molecular weight is 141 g/mol. The van der Waals surface area contributed by atoms with Crippen molar-refractivity contribution in [2.24, 2.45) is 9.98 Å². The van der Waals surface area contributed by atoms with Crippen molar-refractivity contribution in [3.63, 3.8) is 0 Å². The van der Waals surface area contributed by atoms with Crippen molar-refractivity contribution in [1.29, 1.82) is 0 Å². The lowest BCUT2D eigenvalue weighted by atomic mass is 10.6. The number of nitrogens with zero attached hydrogens (tertiary/aromatic N) is 3. The third kappa shape index (κ3) is 3.22. The van der Waals surface area contributed by atoms with E-state index >= 15 is 0 Å². The van der Waals surface area contributed by atoms with Crippen LogP contribution in [0.15, 0.2) is 9.98 Å². The molecule has 0 saturated heterocycles. The topological polar surface area (TPSA) is 28.0 Å². The van der Waals surface area contributed by atoms with Gasteiger partial charge in [0.05, 0.1) is 0 Å². The van der Waals surface area contributed by atoms with Gasteiger partial charge in [0.2, 0.25) is 0 Å². The first-order valence-electron chi connectivity index (χ1n) is 3.24. The van der Waals surface area contributed by atoms with E-state index in [0.29, 0.717) is 0 Å². The van der Waals surface area contributed by atoms with Gasteiger partial charge in [-0.3, -0.25) is 4.99 Å². The molecule has 58 valence electrons. The van der Waals surface area contributed by atoms with E-state index in [1.807, 2.05) is 32.8 Å². The first-order valence-corrected chi connectivity index (χ1v) is 3.24. The number of hydrogen-bond donors (Lipinski definition) is 0. The summed E-state index contributed by atoms with van der Waals surface area (Å²) in [6.45, 7) is 3.84. The molecule has 0 unspecified atom stereocenters. The molecule has 10 heavy (non-hydrogen) atoms.